The lowest BCUT2D eigenvalue weighted by Gasteiger charge is -2.07. The van der Waals surface area contributed by atoms with Gasteiger partial charge in [-0.3, -0.25) is 0 Å². The molecule has 1 aliphatic carbocycles. The van der Waals surface area contributed by atoms with E-state index in [1.54, 1.807) is 10.8 Å². The number of nitrogens with zero attached hydrogens (tertiary/aromatic N) is 7. The third-order valence-corrected chi connectivity index (χ3v) is 4.31. The van der Waals surface area contributed by atoms with E-state index in [-0.39, 0.29) is 0 Å². The van der Waals surface area contributed by atoms with E-state index in [1.165, 1.54) is 12.8 Å². The van der Waals surface area contributed by atoms with Crippen molar-refractivity contribution in [1.29, 1.82) is 0 Å². The van der Waals surface area contributed by atoms with E-state index in [4.69, 9.17) is 0 Å². The number of benzene rings is 1. The highest BCUT2D eigenvalue weighted by molar-refractivity contribution is 5.59. The summed E-state index contributed by atoms with van der Waals surface area (Å²) >= 11 is 0. The van der Waals surface area contributed by atoms with Crippen LogP contribution in [0, 0.1) is 0 Å². The summed E-state index contributed by atoms with van der Waals surface area (Å²) in [4.78, 5) is 0. The summed E-state index contributed by atoms with van der Waals surface area (Å²) in [5.41, 5.74) is 1.69. The van der Waals surface area contributed by atoms with E-state index < -0.39 is 0 Å². The van der Waals surface area contributed by atoms with Crippen molar-refractivity contribution in [2.45, 2.75) is 25.4 Å². The molecular formula is C17H16N8. The van der Waals surface area contributed by atoms with Gasteiger partial charge in [0, 0.05) is 11.6 Å². The van der Waals surface area contributed by atoms with Crippen LogP contribution < -0.4 is 5.32 Å². The van der Waals surface area contributed by atoms with E-state index >= 15 is 0 Å². The molecule has 5 rings (SSSR count). The Hall–Kier alpha value is -3.29. The molecule has 0 unspecified atom stereocenters. The van der Waals surface area contributed by atoms with Gasteiger partial charge in [0.15, 0.2) is 17.3 Å². The molecule has 0 radical (unpaired) electrons. The van der Waals surface area contributed by atoms with Crippen LogP contribution in [0.15, 0.2) is 48.8 Å². The van der Waals surface area contributed by atoms with Gasteiger partial charge in [0.2, 0.25) is 0 Å². The molecule has 1 aromatic carbocycles. The van der Waals surface area contributed by atoms with Crippen LogP contribution in [0.4, 0.5) is 5.82 Å². The highest BCUT2D eigenvalue weighted by atomic mass is 15.4. The van der Waals surface area contributed by atoms with Gasteiger partial charge in [-0.2, -0.15) is 4.52 Å². The van der Waals surface area contributed by atoms with Crippen molar-refractivity contribution in [3.63, 3.8) is 0 Å². The van der Waals surface area contributed by atoms with Crippen molar-refractivity contribution < 1.29 is 0 Å². The second-order valence-electron chi connectivity index (χ2n) is 6.12. The lowest BCUT2D eigenvalue weighted by molar-refractivity contribution is 0.689. The topological polar surface area (TPSA) is 85.8 Å². The molecule has 8 nitrogen and oxygen atoms in total. The molecule has 0 saturated heterocycles. The van der Waals surface area contributed by atoms with Gasteiger partial charge in [-0.25, -0.2) is 0 Å². The molecule has 1 fully saturated rings. The predicted octanol–water partition coefficient (Wildman–Crippen LogP) is 2.33. The van der Waals surface area contributed by atoms with Gasteiger partial charge < -0.3 is 9.88 Å². The van der Waals surface area contributed by atoms with E-state index in [1.807, 2.05) is 42.5 Å². The maximum Gasteiger partial charge on any atom is 0.185 e. The van der Waals surface area contributed by atoms with Crippen molar-refractivity contribution in [2.75, 3.05) is 5.32 Å². The lowest BCUT2D eigenvalue weighted by atomic mass is 10.2. The summed E-state index contributed by atoms with van der Waals surface area (Å²) in [6.45, 7) is 0.581. The zero-order valence-corrected chi connectivity index (χ0v) is 13.4. The lowest BCUT2D eigenvalue weighted by Crippen LogP contribution is -2.09. The number of hydrogen-bond acceptors (Lipinski definition) is 6. The fourth-order valence-electron chi connectivity index (χ4n) is 2.87. The molecule has 1 saturated carbocycles. The molecule has 1 N–H and O–H groups in total. The standard InChI is InChI=1S/C17H16N8/c1-2-4-12(5-3-1)17-22-21-15-9-8-14(23-25(15)17)18-10-16-20-19-11-24(16)13-6-7-13/h1-5,8-9,11,13H,6-7,10H2,(H,18,23). The number of nitrogens with one attached hydrogen (secondary N) is 1. The van der Waals surface area contributed by atoms with Gasteiger partial charge in [0.1, 0.15) is 12.1 Å². The molecule has 1 aliphatic rings. The van der Waals surface area contributed by atoms with Gasteiger partial charge in [-0.1, -0.05) is 30.3 Å². The Labute approximate surface area is 143 Å². The number of aromatic nitrogens is 7. The van der Waals surface area contributed by atoms with Crippen molar-refractivity contribution in [1.82, 2.24) is 34.6 Å². The predicted molar refractivity (Wildman–Crippen MR) is 91.8 cm³/mol. The van der Waals surface area contributed by atoms with Crippen molar-refractivity contribution in [3.8, 4) is 11.4 Å². The molecule has 8 heteroatoms. The minimum absolute atomic E-state index is 0.560. The summed E-state index contributed by atoms with van der Waals surface area (Å²) in [6, 6.07) is 14.3. The fourth-order valence-corrected chi connectivity index (χ4v) is 2.87. The quantitative estimate of drug-likeness (QED) is 0.604. The van der Waals surface area contributed by atoms with Crippen molar-refractivity contribution >= 4 is 11.5 Å². The van der Waals surface area contributed by atoms with Crippen LogP contribution in [0.3, 0.4) is 0 Å². The number of hydrogen-bond donors (Lipinski definition) is 1. The third kappa shape index (κ3) is 2.61. The first-order chi connectivity index (χ1) is 12.4. The van der Waals surface area contributed by atoms with E-state index in [0.29, 0.717) is 18.2 Å². The molecule has 4 aromatic rings. The Bertz CT molecular complexity index is 1020. The largest absolute Gasteiger partial charge is 0.361 e. The van der Waals surface area contributed by atoms with Crippen LogP contribution >= 0.6 is 0 Å². The first kappa shape index (κ1) is 14.1. The van der Waals surface area contributed by atoms with Crippen LogP contribution in [0.5, 0.6) is 0 Å². The normalized spacial score (nSPS) is 14.1. The molecule has 3 heterocycles. The zero-order valence-electron chi connectivity index (χ0n) is 13.4. The first-order valence-electron chi connectivity index (χ1n) is 8.28. The van der Waals surface area contributed by atoms with E-state index in [9.17, 15) is 0 Å². The van der Waals surface area contributed by atoms with E-state index in [2.05, 4.69) is 35.4 Å². The molecule has 0 aliphatic heterocycles. The van der Waals surface area contributed by atoms with Crippen LogP contribution in [-0.2, 0) is 6.54 Å². The monoisotopic (exact) mass is 332 g/mol. The molecule has 25 heavy (non-hydrogen) atoms. The smallest absolute Gasteiger partial charge is 0.185 e. The minimum atomic E-state index is 0.560. The number of anilines is 1. The Morgan fingerprint density at radius 2 is 1.88 bits per heavy atom. The fraction of sp³-hybridized carbons (Fsp3) is 0.235. The molecule has 3 aromatic heterocycles. The SMILES string of the molecule is c1ccc(-c2nnc3ccc(NCc4nncn4C4CC4)nn23)cc1. The maximum absolute atomic E-state index is 4.62. The number of fused-ring (bicyclic) bond motifs is 1. The highest BCUT2D eigenvalue weighted by Gasteiger charge is 2.25. The van der Waals surface area contributed by atoms with Gasteiger partial charge >= 0.3 is 0 Å². The Balaban J connectivity index is 1.43. The average molecular weight is 332 g/mol. The molecule has 0 atom stereocenters. The summed E-state index contributed by atoms with van der Waals surface area (Å²) in [5.74, 6) is 2.40. The summed E-state index contributed by atoms with van der Waals surface area (Å²) in [5, 5.41) is 24.6. The first-order valence-corrected chi connectivity index (χ1v) is 8.28. The molecule has 0 spiro atoms. The molecule has 124 valence electrons. The number of rotatable bonds is 5. The van der Waals surface area contributed by atoms with Gasteiger partial charge in [0.05, 0.1) is 6.54 Å². The summed E-state index contributed by atoms with van der Waals surface area (Å²) in [6.07, 6.45) is 4.21. The molecule has 0 bridgehead atoms. The summed E-state index contributed by atoms with van der Waals surface area (Å²) in [7, 11) is 0. The van der Waals surface area contributed by atoms with Crippen LogP contribution in [0.1, 0.15) is 24.7 Å². The zero-order chi connectivity index (χ0) is 16.6. The highest BCUT2D eigenvalue weighted by Crippen LogP contribution is 2.35. The van der Waals surface area contributed by atoms with Gasteiger partial charge in [-0.15, -0.1) is 25.5 Å². The minimum Gasteiger partial charge on any atom is -0.361 e. The summed E-state index contributed by atoms with van der Waals surface area (Å²) < 4.78 is 3.89. The van der Waals surface area contributed by atoms with Gasteiger partial charge in [-0.05, 0) is 25.0 Å². The third-order valence-electron chi connectivity index (χ3n) is 4.31. The van der Waals surface area contributed by atoms with E-state index in [0.717, 1.165) is 23.0 Å². The van der Waals surface area contributed by atoms with Gasteiger partial charge in [0.25, 0.3) is 0 Å². The van der Waals surface area contributed by atoms with Crippen LogP contribution in [0.2, 0.25) is 0 Å². The van der Waals surface area contributed by atoms with Crippen LogP contribution in [-0.4, -0.2) is 34.6 Å². The Morgan fingerprint density at radius 3 is 2.72 bits per heavy atom. The van der Waals surface area contributed by atoms with Crippen molar-refractivity contribution in [2.24, 2.45) is 0 Å². The molecular weight excluding hydrogens is 316 g/mol. The maximum atomic E-state index is 4.62. The Kier molecular flexibility index (Phi) is 3.19. The average Bonchev–Trinajstić information content (AvgIpc) is 3.25. The van der Waals surface area contributed by atoms with Crippen LogP contribution in [0.25, 0.3) is 17.0 Å². The molecule has 0 amide bonds. The second kappa shape index (κ2) is 5.66. The second-order valence-corrected chi connectivity index (χ2v) is 6.12. The Morgan fingerprint density at radius 1 is 1.00 bits per heavy atom. The van der Waals surface area contributed by atoms with Crippen molar-refractivity contribution in [3.05, 3.63) is 54.6 Å².